The lowest BCUT2D eigenvalue weighted by Gasteiger charge is -2.37. The smallest absolute Gasteiger partial charge is 0.221 e. The maximum Gasteiger partial charge on any atom is 0.221 e. The van der Waals surface area contributed by atoms with Crippen molar-refractivity contribution < 1.29 is 4.74 Å². The molecule has 2 aliphatic rings. The Hall–Kier alpha value is -0.720. The van der Waals surface area contributed by atoms with E-state index >= 15 is 0 Å². The third kappa shape index (κ3) is 3.37. The molecule has 0 radical (unpaired) electrons. The van der Waals surface area contributed by atoms with Crippen LogP contribution in [0.3, 0.4) is 0 Å². The van der Waals surface area contributed by atoms with Crippen LogP contribution < -0.4 is 5.14 Å². The minimum atomic E-state index is 0.382. The van der Waals surface area contributed by atoms with E-state index in [2.05, 4.69) is 24.1 Å². The molecule has 2 N–H and O–H groups in total. The molecule has 6 heteroatoms. The summed E-state index contributed by atoms with van der Waals surface area (Å²) in [5.74, 6) is 0.836. The molecule has 2 rings (SSSR count). The number of ether oxygens (including phenoxy) is 1. The van der Waals surface area contributed by atoms with Crippen LogP contribution in [0.15, 0.2) is 15.9 Å². The molecule has 98 valence electrons. The van der Waals surface area contributed by atoms with Crippen LogP contribution >= 0.6 is 11.9 Å². The Labute approximate surface area is 108 Å². The number of hydrazone groups is 1. The van der Waals surface area contributed by atoms with Crippen molar-refractivity contribution in [2.24, 2.45) is 10.2 Å². The lowest BCUT2D eigenvalue weighted by molar-refractivity contribution is 0.00750. The number of likely N-dealkylation sites (N-methyl/N-ethyl adjacent to an activating group) is 1. The van der Waals surface area contributed by atoms with Gasteiger partial charge in [-0.1, -0.05) is 13.8 Å². The molecule has 0 aromatic rings. The lowest BCUT2D eigenvalue weighted by Crippen LogP contribution is -2.47. The lowest BCUT2D eigenvalue weighted by atomic mass is 10.2. The first-order valence-electron chi connectivity index (χ1n) is 5.91. The van der Waals surface area contributed by atoms with Crippen molar-refractivity contribution in [1.82, 2.24) is 9.91 Å². The molecule has 2 aliphatic heterocycles. The van der Waals surface area contributed by atoms with Crippen molar-refractivity contribution in [3.8, 4) is 0 Å². The highest BCUT2D eigenvalue weighted by Gasteiger charge is 2.29. The maximum atomic E-state index is 5.71. The van der Waals surface area contributed by atoms with Gasteiger partial charge in [-0.15, -0.1) is 0 Å². The van der Waals surface area contributed by atoms with E-state index in [0.717, 1.165) is 23.8 Å². The van der Waals surface area contributed by atoms with Crippen molar-refractivity contribution >= 4 is 18.2 Å². The van der Waals surface area contributed by atoms with E-state index in [4.69, 9.17) is 9.88 Å². The first kappa shape index (κ1) is 14.3. The van der Waals surface area contributed by atoms with E-state index in [1.54, 1.807) is 0 Å². The second-order valence-electron chi connectivity index (χ2n) is 3.86. The normalized spacial score (nSPS) is 22.9. The Morgan fingerprint density at radius 3 is 2.82 bits per heavy atom. The highest BCUT2D eigenvalue weighted by Crippen LogP contribution is 2.28. The van der Waals surface area contributed by atoms with Gasteiger partial charge in [0.1, 0.15) is 6.61 Å². The van der Waals surface area contributed by atoms with Crippen molar-refractivity contribution in [3.05, 3.63) is 10.8 Å². The summed E-state index contributed by atoms with van der Waals surface area (Å²) in [6.07, 6.45) is 2.65. The zero-order valence-electron chi connectivity index (χ0n) is 11.0. The zero-order chi connectivity index (χ0) is 12.8. The highest BCUT2D eigenvalue weighted by atomic mass is 32.2. The third-order valence-electron chi connectivity index (χ3n) is 2.64. The van der Waals surface area contributed by atoms with Crippen LogP contribution in [0.25, 0.3) is 0 Å². The topological polar surface area (TPSA) is 54.1 Å². The summed E-state index contributed by atoms with van der Waals surface area (Å²) in [6, 6.07) is 0.382. The van der Waals surface area contributed by atoms with Gasteiger partial charge in [0, 0.05) is 12.6 Å². The van der Waals surface area contributed by atoms with E-state index in [9.17, 15) is 0 Å². The maximum absolute atomic E-state index is 5.71. The van der Waals surface area contributed by atoms with Gasteiger partial charge in [-0.25, -0.2) is 5.01 Å². The molecular formula is C11H22N4OS. The molecule has 1 atom stereocenters. The third-order valence-corrected chi connectivity index (χ3v) is 3.27. The summed E-state index contributed by atoms with van der Waals surface area (Å²) in [7, 11) is 4.10. The molecule has 0 aromatic carbocycles. The number of allylic oxidation sites excluding steroid dienone is 1. The fraction of sp³-hybridized carbons (Fsp3) is 0.727. The fourth-order valence-corrected chi connectivity index (χ4v) is 2.07. The molecule has 0 aromatic heterocycles. The van der Waals surface area contributed by atoms with Gasteiger partial charge in [0.05, 0.1) is 17.5 Å². The van der Waals surface area contributed by atoms with Crippen molar-refractivity contribution in [3.63, 3.8) is 0 Å². The van der Waals surface area contributed by atoms with Crippen molar-refractivity contribution in [2.75, 3.05) is 27.2 Å². The molecule has 17 heavy (non-hydrogen) atoms. The van der Waals surface area contributed by atoms with Gasteiger partial charge in [0.2, 0.25) is 5.88 Å². The average molecular weight is 258 g/mol. The predicted octanol–water partition coefficient (Wildman–Crippen LogP) is 1.44. The number of fused-ring (bicyclic) bond motifs is 1. The van der Waals surface area contributed by atoms with Gasteiger partial charge >= 0.3 is 0 Å². The Morgan fingerprint density at radius 1 is 1.53 bits per heavy atom. The Morgan fingerprint density at radius 2 is 2.24 bits per heavy atom. The quantitative estimate of drug-likeness (QED) is 0.760. The summed E-state index contributed by atoms with van der Waals surface area (Å²) < 4.78 is 5.71. The highest BCUT2D eigenvalue weighted by molar-refractivity contribution is 8.00. The standard InChI is InChI=1S/C9H16N4OS.C2H6/c1-12(2)7-5-13-9(14-6-7)8(15-10)3-4-11-13;1-2/h4,7H,3,5-6,10H2,1-2H3;1-2H3/t7-;/m0./s1. The minimum Gasteiger partial charge on any atom is -0.476 e. The van der Waals surface area contributed by atoms with Crippen LogP contribution in [0.2, 0.25) is 0 Å². The largest absolute Gasteiger partial charge is 0.476 e. The second-order valence-corrected chi connectivity index (χ2v) is 4.59. The van der Waals surface area contributed by atoms with Gasteiger partial charge < -0.3 is 9.64 Å². The Balaban J connectivity index is 0.000000686. The number of hydrogen-bond acceptors (Lipinski definition) is 6. The number of nitrogens with zero attached hydrogens (tertiary/aromatic N) is 3. The van der Waals surface area contributed by atoms with Gasteiger partial charge in [-0.2, -0.15) is 5.10 Å². The molecular weight excluding hydrogens is 236 g/mol. The summed E-state index contributed by atoms with van der Waals surface area (Å²) in [5.41, 5.74) is 0. The molecule has 1 saturated heterocycles. The van der Waals surface area contributed by atoms with Crippen LogP contribution in [-0.2, 0) is 4.74 Å². The van der Waals surface area contributed by atoms with Gasteiger partial charge in [-0.05, 0) is 26.0 Å². The summed E-state index contributed by atoms with van der Waals surface area (Å²) >= 11 is 1.25. The Bertz CT molecular complexity index is 304. The van der Waals surface area contributed by atoms with Crippen molar-refractivity contribution in [2.45, 2.75) is 26.3 Å². The Kier molecular flexibility index (Phi) is 5.80. The van der Waals surface area contributed by atoms with Gasteiger partial charge in [0.25, 0.3) is 0 Å². The van der Waals surface area contributed by atoms with E-state index in [-0.39, 0.29) is 0 Å². The molecule has 0 aliphatic carbocycles. The molecule has 0 amide bonds. The first-order valence-corrected chi connectivity index (χ1v) is 6.79. The number of rotatable bonds is 2. The summed E-state index contributed by atoms with van der Waals surface area (Å²) in [4.78, 5) is 3.21. The first-order chi connectivity index (χ1) is 8.22. The summed E-state index contributed by atoms with van der Waals surface area (Å²) in [6.45, 7) is 5.57. The molecule has 0 bridgehead atoms. The van der Waals surface area contributed by atoms with Crippen LogP contribution in [0.1, 0.15) is 20.3 Å². The average Bonchev–Trinajstić information content (AvgIpc) is 2.39. The molecule has 2 heterocycles. The molecule has 0 spiro atoms. The second kappa shape index (κ2) is 6.88. The van der Waals surface area contributed by atoms with E-state index < -0.39 is 0 Å². The summed E-state index contributed by atoms with van der Waals surface area (Å²) in [5, 5.41) is 11.8. The van der Waals surface area contributed by atoms with Crippen LogP contribution in [0.5, 0.6) is 0 Å². The molecule has 5 nitrogen and oxygen atoms in total. The zero-order valence-corrected chi connectivity index (χ0v) is 11.8. The molecule has 0 unspecified atom stereocenters. The van der Waals surface area contributed by atoms with E-state index in [0.29, 0.717) is 12.6 Å². The minimum absolute atomic E-state index is 0.382. The predicted molar refractivity (Wildman–Crippen MR) is 73.4 cm³/mol. The van der Waals surface area contributed by atoms with E-state index in [1.165, 1.54) is 11.9 Å². The molecule has 0 saturated carbocycles. The van der Waals surface area contributed by atoms with Crippen LogP contribution in [0.4, 0.5) is 0 Å². The molecule has 1 fully saturated rings. The van der Waals surface area contributed by atoms with Crippen LogP contribution in [0, 0.1) is 0 Å². The van der Waals surface area contributed by atoms with Gasteiger partial charge in [0.15, 0.2) is 0 Å². The van der Waals surface area contributed by atoms with Crippen molar-refractivity contribution in [1.29, 1.82) is 0 Å². The van der Waals surface area contributed by atoms with Gasteiger partial charge in [-0.3, -0.25) is 5.14 Å². The number of nitrogens with two attached hydrogens (primary N) is 1. The number of hydrogen-bond donors (Lipinski definition) is 1. The van der Waals surface area contributed by atoms with Crippen LogP contribution in [-0.4, -0.2) is 49.4 Å². The van der Waals surface area contributed by atoms with E-state index in [1.807, 2.05) is 25.1 Å². The monoisotopic (exact) mass is 258 g/mol. The fourth-order valence-electron chi connectivity index (χ4n) is 1.63. The SMILES string of the molecule is CC.CN(C)[C@@H]1COC2=C(SN)CC=NN2C1.